The average molecular weight is 626 g/mol. The van der Waals surface area contributed by atoms with Gasteiger partial charge in [-0.1, -0.05) is 25.5 Å². The maximum absolute atomic E-state index is 13.9. The van der Waals surface area contributed by atoms with Crippen molar-refractivity contribution in [3.05, 3.63) is 41.2 Å². The number of amides is 3. The summed E-state index contributed by atoms with van der Waals surface area (Å²) >= 11 is 1.89. The summed E-state index contributed by atoms with van der Waals surface area (Å²) in [7, 11) is 5.19. The number of ketones is 1. The first-order chi connectivity index (χ1) is 21.1. The minimum absolute atomic E-state index is 0.00570. The lowest BCUT2D eigenvalue weighted by Crippen LogP contribution is -2.62. The van der Waals surface area contributed by atoms with Gasteiger partial charge < -0.3 is 29.9 Å². The Bertz CT molecular complexity index is 1380. The van der Waals surface area contributed by atoms with Crippen molar-refractivity contribution in [1.82, 2.24) is 10.6 Å². The van der Waals surface area contributed by atoms with Gasteiger partial charge in [0, 0.05) is 53.4 Å². The number of ether oxygens (including phenoxy) is 2. The highest BCUT2D eigenvalue weighted by atomic mass is 32.2. The molecule has 4 saturated heterocycles. The molecule has 0 radical (unpaired) electrons. The van der Waals surface area contributed by atoms with Gasteiger partial charge in [0.15, 0.2) is 5.78 Å². The molecule has 5 aliphatic heterocycles. The van der Waals surface area contributed by atoms with Gasteiger partial charge in [-0.2, -0.15) is 11.8 Å². The first-order valence-corrected chi connectivity index (χ1v) is 17.0. The molecule has 0 saturated carbocycles. The summed E-state index contributed by atoms with van der Waals surface area (Å²) in [6.07, 6.45) is 6.97. The van der Waals surface area contributed by atoms with Crippen molar-refractivity contribution in [3.8, 4) is 0 Å². The van der Waals surface area contributed by atoms with Crippen molar-refractivity contribution in [2.45, 2.75) is 80.7 Å². The van der Waals surface area contributed by atoms with E-state index in [2.05, 4.69) is 29.9 Å². The Hall–Kier alpha value is -3.05. The molecule has 3 N–H and O–H groups in total. The summed E-state index contributed by atoms with van der Waals surface area (Å²) in [5.41, 5.74) is 2.16. The van der Waals surface area contributed by atoms with Crippen LogP contribution in [-0.2, 0) is 24.5 Å². The monoisotopic (exact) mass is 625 g/mol. The Balaban J connectivity index is 1.16. The second-order valence-electron chi connectivity index (χ2n) is 13.4. The number of quaternary nitrogens is 1. The van der Waals surface area contributed by atoms with Gasteiger partial charge in [-0.05, 0) is 30.9 Å². The van der Waals surface area contributed by atoms with Crippen molar-refractivity contribution in [3.63, 3.8) is 0 Å². The molecule has 11 heteroatoms. The first-order valence-electron chi connectivity index (χ1n) is 16.0. The van der Waals surface area contributed by atoms with Gasteiger partial charge in [0.05, 0.1) is 58.3 Å². The summed E-state index contributed by atoms with van der Waals surface area (Å²) in [6.45, 7) is 3.90. The number of anilines is 1. The molecule has 0 bridgehead atoms. The smallest absolute Gasteiger partial charge is 0.337 e. The zero-order valence-corrected chi connectivity index (χ0v) is 27.0. The van der Waals surface area contributed by atoms with Gasteiger partial charge in [-0.15, -0.1) is 0 Å². The van der Waals surface area contributed by atoms with E-state index in [1.54, 1.807) is 7.11 Å². The number of nitrogens with one attached hydrogen (secondary N) is 3. The number of hydrogen-bond acceptors (Lipinski definition) is 7. The highest BCUT2D eigenvalue weighted by Crippen LogP contribution is 2.56. The average Bonchev–Trinajstić information content (AvgIpc) is 3.73. The third-order valence-electron chi connectivity index (χ3n) is 11.2. The van der Waals surface area contributed by atoms with E-state index in [1.165, 1.54) is 13.4 Å². The fourth-order valence-corrected chi connectivity index (χ4v) is 10.5. The number of rotatable bonds is 10. The number of carbonyl (C=O) groups excluding carboxylic acids is 4. The Morgan fingerprint density at radius 2 is 2.00 bits per heavy atom. The van der Waals surface area contributed by atoms with Gasteiger partial charge in [0.25, 0.3) is 0 Å². The Kier molecular flexibility index (Phi) is 8.47. The van der Waals surface area contributed by atoms with E-state index < -0.39 is 5.41 Å². The van der Waals surface area contributed by atoms with Gasteiger partial charge in [-0.3, -0.25) is 9.59 Å². The van der Waals surface area contributed by atoms with Gasteiger partial charge in [0.1, 0.15) is 11.5 Å². The van der Waals surface area contributed by atoms with Gasteiger partial charge in [-0.25, -0.2) is 9.59 Å². The number of benzene rings is 1. The van der Waals surface area contributed by atoms with Crippen LogP contribution in [0.1, 0.15) is 67.8 Å². The van der Waals surface area contributed by atoms with E-state index in [9.17, 15) is 19.2 Å². The molecule has 1 spiro atoms. The number of esters is 1. The highest BCUT2D eigenvalue weighted by molar-refractivity contribution is 8.00. The number of Topliss-reactive ketones (excluding diaryl/α,β-unsaturated/α-hetero) is 1. The van der Waals surface area contributed by atoms with Crippen molar-refractivity contribution >= 4 is 41.1 Å². The van der Waals surface area contributed by atoms with Crippen LogP contribution in [0.5, 0.6) is 0 Å². The highest BCUT2D eigenvalue weighted by Gasteiger charge is 2.66. The summed E-state index contributed by atoms with van der Waals surface area (Å²) < 4.78 is 11.2. The van der Waals surface area contributed by atoms with Crippen LogP contribution in [0, 0.1) is 11.8 Å². The lowest BCUT2D eigenvalue weighted by Gasteiger charge is -2.49. The molecule has 10 nitrogen and oxygen atoms in total. The lowest BCUT2D eigenvalue weighted by molar-refractivity contribution is -0.932. The predicted octanol–water partition coefficient (Wildman–Crippen LogP) is 3.75. The van der Waals surface area contributed by atoms with Crippen molar-refractivity contribution in [2.75, 3.05) is 45.4 Å². The third-order valence-corrected chi connectivity index (χ3v) is 12.7. The van der Waals surface area contributed by atoms with Crippen LogP contribution >= 0.6 is 11.8 Å². The number of carbonyl (C=O) groups is 4. The molecule has 3 amide bonds. The predicted molar refractivity (Wildman–Crippen MR) is 168 cm³/mol. The number of hydrogen-bond donors (Lipinski definition) is 3. The van der Waals surface area contributed by atoms with E-state index in [0.29, 0.717) is 29.2 Å². The number of urea groups is 1. The van der Waals surface area contributed by atoms with E-state index in [0.717, 1.165) is 66.7 Å². The molecule has 238 valence electrons. The molecule has 4 fully saturated rings. The molecule has 44 heavy (non-hydrogen) atoms. The van der Waals surface area contributed by atoms with Crippen LogP contribution in [0.2, 0.25) is 0 Å². The summed E-state index contributed by atoms with van der Waals surface area (Å²) in [4.78, 5) is 51.6. The maximum atomic E-state index is 13.9. The van der Waals surface area contributed by atoms with Crippen molar-refractivity contribution in [1.29, 1.82) is 0 Å². The quantitative estimate of drug-likeness (QED) is 0.0689. The van der Waals surface area contributed by atoms with Gasteiger partial charge >= 0.3 is 12.0 Å². The number of fused-ring (bicyclic) bond motifs is 5. The number of thioether (sulfide) groups is 1. The number of unbranched alkanes of at least 4 members (excludes halogenated alkanes) is 1. The standard InChI is InChI=1S/C33H44N4O6S/c1-5-19-16-37(2)13-12-33(28(37)15-21(19)22(17-42-3)30(39)43-4)23-11-10-20(14-24(23)34-31(33)40)26(38)8-6-7-9-27-29-25(18-44-27)35-32(41)36-29/h10-11,14,17,19,21,25,27-29H,5-9,12-13,15-16,18H2,1-4H3,(H2-,34,35,36,40,41)/p+1/b22-17+/t19-,21-,25?,27-,28?,29?,33+,37?/m0/s1. The first kappa shape index (κ1) is 31.0. The maximum Gasteiger partial charge on any atom is 0.337 e. The van der Waals surface area contributed by atoms with E-state index >= 15 is 0 Å². The zero-order chi connectivity index (χ0) is 31.2. The largest absolute Gasteiger partial charge is 0.504 e. The minimum Gasteiger partial charge on any atom is -0.504 e. The van der Waals surface area contributed by atoms with Crippen LogP contribution in [0.4, 0.5) is 10.5 Å². The number of likely N-dealkylation sites (N-methyl/N-ethyl adjacent to an activating group) is 1. The van der Waals surface area contributed by atoms with Crippen molar-refractivity contribution in [2.24, 2.45) is 11.8 Å². The molecule has 1 aromatic rings. The molecule has 0 aliphatic carbocycles. The van der Waals surface area contributed by atoms with Crippen LogP contribution in [0.3, 0.4) is 0 Å². The summed E-state index contributed by atoms with van der Waals surface area (Å²) in [6, 6.07) is 6.05. The topological polar surface area (TPSA) is 123 Å². The molecular weight excluding hydrogens is 580 g/mol. The normalized spacial score (nSPS) is 35.4. The SMILES string of the molecule is CC[C@H]1C[N+]2(C)CC[C@]3(C(=O)Nc4cc(C(=O)CCCC[C@@H]5SCC6NC(=O)NC65)ccc43)C2C[C@@H]1/C(=C\OC)C(=O)OC. The van der Waals surface area contributed by atoms with Crippen LogP contribution in [0.25, 0.3) is 0 Å². The van der Waals surface area contributed by atoms with Crippen molar-refractivity contribution < 1.29 is 33.1 Å². The second-order valence-corrected chi connectivity index (χ2v) is 14.7. The fourth-order valence-electron chi connectivity index (χ4n) is 8.95. The number of piperidine rings is 1. The number of methoxy groups -OCH3 is 2. The third kappa shape index (κ3) is 5.09. The molecule has 5 aliphatic rings. The van der Waals surface area contributed by atoms with E-state index in [1.807, 2.05) is 30.0 Å². The molecule has 8 atom stereocenters. The van der Waals surface area contributed by atoms with Crippen LogP contribution in [-0.4, -0.2) is 91.7 Å². The molecular formula is C33H45N4O6S+. The summed E-state index contributed by atoms with van der Waals surface area (Å²) in [5.74, 6) is 0.813. The Morgan fingerprint density at radius 3 is 2.75 bits per heavy atom. The fraction of sp³-hybridized carbons (Fsp3) is 0.636. The Morgan fingerprint density at radius 1 is 1.18 bits per heavy atom. The lowest BCUT2D eigenvalue weighted by atomic mass is 9.66. The van der Waals surface area contributed by atoms with Crippen LogP contribution in [0.15, 0.2) is 30.0 Å². The minimum atomic E-state index is -0.710. The Labute approximate surface area is 263 Å². The van der Waals surface area contributed by atoms with Crippen LogP contribution < -0.4 is 16.0 Å². The summed E-state index contributed by atoms with van der Waals surface area (Å²) in [5, 5.41) is 9.55. The molecule has 6 rings (SSSR count). The molecule has 4 unspecified atom stereocenters. The van der Waals surface area contributed by atoms with Gasteiger partial charge in [0.2, 0.25) is 5.91 Å². The second kappa shape index (κ2) is 12.0. The molecule has 5 heterocycles. The number of nitrogens with zero attached hydrogens (tertiary/aromatic N) is 1. The molecule has 1 aromatic carbocycles. The molecule has 0 aromatic heterocycles. The van der Waals surface area contributed by atoms with E-state index in [-0.39, 0.29) is 53.7 Å². The van der Waals surface area contributed by atoms with E-state index in [4.69, 9.17) is 9.47 Å². The zero-order valence-electron chi connectivity index (χ0n) is 26.1.